The molecule has 0 fully saturated rings. The van der Waals surface area contributed by atoms with Crippen LogP contribution in [-0.4, -0.2) is 20.9 Å². The molecule has 0 unspecified atom stereocenters. The predicted molar refractivity (Wildman–Crippen MR) is 84.4 cm³/mol. The number of phenolic OH excluding ortho intramolecular Hbond substituents is 1. The van der Waals surface area contributed by atoms with E-state index < -0.39 is 0 Å². The van der Waals surface area contributed by atoms with Crippen molar-refractivity contribution in [1.82, 2.24) is 0 Å². The van der Waals surface area contributed by atoms with Crippen LogP contribution in [0.2, 0.25) is 0 Å². The highest BCUT2D eigenvalue weighted by molar-refractivity contribution is 6.54. The van der Waals surface area contributed by atoms with Crippen LogP contribution in [0.15, 0.2) is 30.3 Å². The van der Waals surface area contributed by atoms with Gasteiger partial charge in [0.15, 0.2) is 0 Å². The highest BCUT2D eigenvalue weighted by Gasteiger charge is 2.07. The van der Waals surface area contributed by atoms with Gasteiger partial charge in [0.05, 0.1) is 6.23 Å². The van der Waals surface area contributed by atoms with Gasteiger partial charge in [0, 0.05) is 0 Å². The Labute approximate surface area is 123 Å². The molecule has 104 valence electrons. The van der Waals surface area contributed by atoms with Crippen molar-refractivity contribution in [1.29, 1.82) is 0 Å². The van der Waals surface area contributed by atoms with E-state index in [4.69, 9.17) is 4.74 Å². The number of rotatable bonds is 4. The summed E-state index contributed by atoms with van der Waals surface area (Å²) in [5, 5.41) is 11.0. The zero-order valence-electron chi connectivity index (χ0n) is 12.4. The van der Waals surface area contributed by atoms with Gasteiger partial charge in [-0.1, -0.05) is 23.4 Å². The quantitative estimate of drug-likeness (QED) is 0.875. The molecule has 0 aromatic heterocycles. The molecule has 0 saturated heterocycles. The minimum Gasteiger partial charge on any atom is -0.508 e. The Morgan fingerprint density at radius 3 is 2.45 bits per heavy atom. The zero-order valence-corrected chi connectivity index (χ0v) is 13.4. The van der Waals surface area contributed by atoms with Crippen LogP contribution in [0.3, 0.4) is 0 Å². The predicted octanol–water partition coefficient (Wildman–Crippen LogP) is 2.99. The Morgan fingerprint density at radius 2 is 1.70 bits per heavy atom. The van der Waals surface area contributed by atoms with Crippen LogP contribution in [0.5, 0.6) is 11.5 Å². The first kappa shape index (κ1) is 14.7. The molecule has 2 radical (unpaired) electrons. The largest absolute Gasteiger partial charge is 0.508 e. The summed E-state index contributed by atoms with van der Waals surface area (Å²) in [4.78, 5) is 0. The molecule has 0 saturated carbocycles. The van der Waals surface area contributed by atoms with Crippen molar-refractivity contribution in [3.8, 4) is 11.5 Å². The van der Waals surface area contributed by atoms with Gasteiger partial charge in [-0.2, -0.15) is 0 Å². The lowest BCUT2D eigenvalue weighted by molar-refractivity contribution is 0.380. The van der Waals surface area contributed by atoms with E-state index in [9.17, 15) is 5.11 Å². The molecular weight excluding hydrogens is 264 g/mol. The number of aromatic hydroxyl groups is 1. The normalized spacial score (nSPS) is 10.6. The lowest BCUT2D eigenvalue weighted by Gasteiger charge is -2.13. The SMILES string of the molecule is Cc1cccc([Si]COc2ccc(O)c(C)c2C)c1C. The molecule has 2 nitrogen and oxygen atoms in total. The van der Waals surface area contributed by atoms with Crippen molar-refractivity contribution in [3.63, 3.8) is 0 Å². The van der Waals surface area contributed by atoms with Crippen molar-refractivity contribution >= 4 is 14.7 Å². The first-order chi connectivity index (χ1) is 9.50. The minimum absolute atomic E-state index is 0.326. The van der Waals surface area contributed by atoms with Crippen LogP contribution in [0, 0.1) is 27.7 Å². The van der Waals surface area contributed by atoms with Gasteiger partial charge in [0.2, 0.25) is 0 Å². The molecule has 0 amide bonds. The van der Waals surface area contributed by atoms with Gasteiger partial charge in [-0.15, -0.1) is 0 Å². The molecule has 0 aliphatic heterocycles. The number of aryl methyl sites for hydroxylation is 1. The summed E-state index contributed by atoms with van der Waals surface area (Å²) < 4.78 is 5.87. The molecule has 0 heterocycles. The molecule has 0 bridgehead atoms. The Balaban J connectivity index is 2.03. The van der Waals surface area contributed by atoms with E-state index in [0.717, 1.165) is 16.9 Å². The number of hydrogen-bond acceptors (Lipinski definition) is 2. The van der Waals surface area contributed by atoms with Gasteiger partial charge in [0.1, 0.15) is 21.0 Å². The summed E-state index contributed by atoms with van der Waals surface area (Å²) in [6.45, 7) is 8.18. The molecular formula is C17H20O2Si. The van der Waals surface area contributed by atoms with E-state index in [1.807, 2.05) is 19.9 Å². The molecule has 2 rings (SSSR count). The molecule has 0 aliphatic carbocycles. The Bertz CT molecular complexity index is 621. The van der Waals surface area contributed by atoms with Crippen LogP contribution in [0.4, 0.5) is 0 Å². The van der Waals surface area contributed by atoms with Crippen LogP contribution in [0.25, 0.3) is 0 Å². The monoisotopic (exact) mass is 284 g/mol. The van der Waals surface area contributed by atoms with Crippen molar-refractivity contribution in [3.05, 3.63) is 52.6 Å². The molecule has 0 aliphatic rings. The topological polar surface area (TPSA) is 29.5 Å². The highest BCUT2D eigenvalue weighted by Crippen LogP contribution is 2.27. The van der Waals surface area contributed by atoms with Gasteiger partial charge in [0.25, 0.3) is 0 Å². The number of hydrogen-bond donors (Lipinski definition) is 1. The van der Waals surface area contributed by atoms with Gasteiger partial charge in [-0.25, -0.2) is 0 Å². The summed E-state index contributed by atoms with van der Waals surface area (Å²) in [5.74, 6) is 1.19. The van der Waals surface area contributed by atoms with E-state index >= 15 is 0 Å². The highest BCUT2D eigenvalue weighted by atomic mass is 28.2. The lowest BCUT2D eigenvalue weighted by Crippen LogP contribution is -2.24. The standard InChI is InChI=1S/C17H20O2Si/c1-11-6-5-7-17(12(11)2)20-10-19-16-9-8-15(18)13(3)14(16)4/h5-9,18H,10H2,1-4H3. The van der Waals surface area contributed by atoms with Crippen LogP contribution in [-0.2, 0) is 0 Å². The van der Waals surface area contributed by atoms with E-state index in [-0.39, 0.29) is 0 Å². The lowest BCUT2D eigenvalue weighted by atomic mass is 10.1. The average Bonchev–Trinajstić information content (AvgIpc) is 2.43. The van der Waals surface area contributed by atoms with E-state index in [1.165, 1.54) is 16.3 Å². The average molecular weight is 284 g/mol. The van der Waals surface area contributed by atoms with Crippen LogP contribution >= 0.6 is 0 Å². The molecule has 2 aromatic rings. The maximum atomic E-state index is 9.64. The number of benzene rings is 2. The molecule has 2 aromatic carbocycles. The third-order valence-corrected chi connectivity index (χ3v) is 5.02. The zero-order chi connectivity index (χ0) is 14.7. The number of ether oxygens (including phenoxy) is 1. The second kappa shape index (κ2) is 6.14. The fraction of sp³-hybridized carbons (Fsp3) is 0.294. The van der Waals surface area contributed by atoms with Gasteiger partial charge < -0.3 is 9.84 Å². The number of phenols is 1. The Hall–Kier alpha value is -1.74. The molecule has 20 heavy (non-hydrogen) atoms. The van der Waals surface area contributed by atoms with Crippen molar-refractivity contribution < 1.29 is 9.84 Å². The van der Waals surface area contributed by atoms with Gasteiger partial charge in [-0.3, -0.25) is 0 Å². The third kappa shape index (κ3) is 3.04. The first-order valence-corrected chi connectivity index (χ1v) is 7.93. The van der Waals surface area contributed by atoms with Crippen molar-refractivity contribution in [2.75, 3.05) is 6.23 Å². The van der Waals surface area contributed by atoms with E-state index in [1.54, 1.807) is 6.07 Å². The van der Waals surface area contributed by atoms with Gasteiger partial charge in [-0.05, 0) is 62.1 Å². The second-order valence-electron chi connectivity index (χ2n) is 5.05. The molecule has 1 N–H and O–H groups in total. The Morgan fingerprint density at radius 1 is 0.950 bits per heavy atom. The van der Waals surface area contributed by atoms with Crippen LogP contribution < -0.4 is 9.92 Å². The maximum Gasteiger partial charge on any atom is 0.131 e. The Kier molecular flexibility index (Phi) is 4.50. The first-order valence-electron chi connectivity index (χ1n) is 6.72. The van der Waals surface area contributed by atoms with Crippen LogP contribution in [0.1, 0.15) is 22.3 Å². The summed E-state index contributed by atoms with van der Waals surface area (Å²) in [6.07, 6.45) is 0.676. The van der Waals surface area contributed by atoms with E-state index in [0.29, 0.717) is 21.5 Å². The van der Waals surface area contributed by atoms with Gasteiger partial charge >= 0.3 is 0 Å². The fourth-order valence-corrected chi connectivity index (χ4v) is 3.13. The maximum absolute atomic E-state index is 9.64. The third-order valence-electron chi connectivity index (χ3n) is 3.80. The van der Waals surface area contributed by atoms with Crippen molar-refractivity contribution in [2.45, 2.75) is 27.7 Å². The summed E-state index contributed by atoms with van der Waals surface area (Å²) >= 11 is 0. The second-order valence-corrected chi connectivity index (χ2v) is 6.23. The van der Waals surface area contributed by atoms with Crippen molar-refractivity contribution in [2.24, 2.45) is 0 Å². The molecule has 0 atom stereocenters. The summed E-state index contributed by atoms with van der Waals surface area (Å²) in [6, 6.07) is 9.93. The smallest absolute Gasteiger partial charge is 0.131 e. The van der Waals surface area contributed by atoms with E-state index in [2.05, 4.69) is 32.0 Å². The molecule has 0 spiro atoms. The summed E-state index contributed by atoms with van der Waals surface area (Å²) in [7, 11) is 0.631. The summed E-state index contributed by atoms with van der Waals surface area (Å²) in [5.41, 5.74) is 4.58. The fourth-order valence-electron chi connectivity index (χ4n) is 2.07. The minimum atomic E-state index is 0.326. The molecule has 3 heteroatoms.